The second-order valence-corrected chi connectivity index (χ2v) is 8.81. The molecule has 0 aliphatic heterocycles. The number of benzene rings is 5. The summed E-state index contributed by atoms with van der Waals surface area (Å²) in [5.74, 6) is 0. The van der Waals surface area contributed by atoms with Crippen LogP contribution in [0.2, 0.25) is 0 Å². The number of oxazole rings is 1. The lowest BCUT2D eigenvalue weighted by molar-refractivity contribution is 0.577. The first kappa shape index (κ1) is 18.6. The van der Waals surface area contributed by atoms with Gasteiger partial charge in [-0.25, -0.2) is 0 Å². The van der Waals surface area contributed by atoms with E-state index in [-0.39, 0.29) is 0 Å². The Morgan fingerprint density at radius 1 is 0.571 bits per heavy atom. The van der Waals surface area contributed by atoms with Gasteiger partial charge in [0.2, 0.25) is 0 Å². The fourth-order valence-corrected chi connectivity index (χ4v) is 5.32. The molecule has 0 spiro atoms. The Balaban J connectivity index is 1.55. The van der Waals surface area contributed by atoms with Crippen LogP contribution in [0.4, 0.5) is 0 Å². The van der Waals surface area contributed by atoms with Crippen molar-refractivity contribution in [3.63, 3.8) is 0 Å². The van der Waals surface area contributed by atoms with Crippen LogP contribution in [0.3, 0.4) is 0 Å². The van der Waals surface area contributed by atoms with Gasteiger partial charge in [0, 0.05) is 21.7 Å². The summed E-state index contributed by atoms with van der Waals surface area (Å²) in [4.78, 5) is 5.12. The van der Waals surface area contributed by atoms with Crippen molar-refractivity contribution < 1.29 is 8.83 Å². The molecule has 0 fully saturated rings. The van der Waals surface area contributed by atoms with Crippen LogP contribution < -0.4 is 0 Å². The maximum absolute atomic E-state index is 6.66. The maximum Gasteiger partial charge on any atom is 0.307 e. The highest BCUT2D eigenvalue weighted by Crippen LogP contribution is 2.41. The van der Waals surface area contributed by atoms with Crippen molar-refractivity contribution in [1.82, 2.24) is 9.55 Å². The first-order valence-electron chi connectivity index (χ1n) is 11.7. The fraction of sp³-hybridized carbons (Fsp3) is 0. The average molecular weight is 450 g/mol. The highest BCUT2D eigenvalue weighted by molar-refractivity contribution is 6.19. The quantitative estimate of drug-likeness (QED) is 0.265. The summed E-state index contributed by atoms with van der Waals surface area (Å²) in [6.07, 6.45) is 0. The molecule has 164 valence electrons. The highest BCUT2D eigenvalue weighted by atomic mass is 16.4. The van der Waals surface area contributed by atoms with E-state index in [9.17, 15) is 0 Å². The Hall–Kier alpha value is -4.83. The lowest BCUT2D eigenvalue weighted by atomic mass is 10.0. The molecule has 0 saturated heterocycles. The van der Waals surface area contributed by atoms with E-state index in [0.717, 1.165) is 55.2 Å². The molecule has 0 aliphatic carbocycles. The minimum Gasteiger partial charge on any atom is -0.456 e. The van der Waals surface area contributed by atoms with Gasteiger partial charge in [0.15, 0.2) is 5.58 Å². The largest absolute Gasteiger partial charge is 0.456 e. The number of aromatic nitrogens is 2. The summed E-state index contributed by atoms with van der Waals surface area (Å²) in [5.41, 5.74) is 7.39. The molecule has 4 heteroatoms. The lowest BCUT2D eigenvalue weighted by Gasteiger charge is -2.02. The molecule has 0 unspecified atom stereocenters. The highest BCUT2D eigenvalue weighted by Gasteiger charge is 2.22. The molecule has 8 rings (SSSR count). The van der Waals surface area contributed by atoms with Crippen molar-refractivity contribution in [2.24, 2.45) is 0 Å². The summed E-state index contributed by atoms with van der Waals surface area (Å²) in [6.45, 7) is 0. The molecule has 3 aromatic heterocycles. The Morgan fingerprint density at radius 3 is 1.94 bits per heavy atom. The topological polar surface area (TPSA) is 44.1 Å². The summed E-state index contributed by atoms with van der Waals surface area (Å²) in [5, 5.41) is 4.33. The molecule has 0 amide bonds. The Morgan fingerprint density at radius 2 is 1.20 bits per heavy atom. The predicted octanol–water partition coefficient (Wildman–Crippen LogP) is 8.49. The molecule has 0 radical (unpaired) electrons. The normalized spacial score (nSPS) is 12.0. The Kier molecular flexibility index (Phi) is 3.63. The molecule has 0 aliphatic rings. The van der Waals surface area contributed by atoms with Crippen LogP contribution in [-0.4, -0.2) is 9.55 Å². The van der Waals surface area contributed by atoms with Crippen molar-refractivity contribution >= 4 is 54.8 Å². The van der Waals surface area contributed by atoms with Gasteiger partial charge in [0.25, 0.3) is 0 Å². The van der Waals surface area contributed by atoms with Gasteiger partial charge in [-0.15, -0.1) is 0 Å². The first-order valence-corrected chi connectivity index (χ1v) is 11.7. The van der Waals surface area contributed by atoms with Crippen LogP contribution >= 0.6 is 0 Å². The zero-order valence-electron chi connectivity index (χ0n) is 18.6. The molecule has 3 heterocycles. The van der Waals surface area contributed by atoms with E-state index >= 15 is 0 Å². The van der Waals surface area contributed by atoms with Gasteiger partial charge in [0.1, 0.15) is 16.7 Å². The number of hydrogen-bond donors (Lipinski definition) is 0. The van der Waals surface area contributed by atoms with E-state index in [2.05, 4.69) is 77.4 Å². The third-order valence-corrected chi connectivity index (χ3v) is 6.85. The van der Waals surface area contributed by atoms with Crippen molar-refractivity contribution in [3.05, 3.63) is 109 Å². The zero-order valence-corrected chi connectivity index (χ0v) is 18.6. The maximum atomic E-state index is 6.66. The second-order valence-electron chi connectivity index (χ2n) is 8.81. The minimum absolute atomic E-state index is 0.548. The standard InChI is InChI=1S/C31H18N2O2/c1-2-10-19(11-3-1)23-18-27-28(22-14-6-9-17-26(22)34-27)30-29(23)32-31(35-30)33-24-15-7-4-12-20(24)21-13-5-8-16-25(21)33/h1-18H. The van der Waals surface area contributed by atoms with Crippen molar-refractivity contribution in [2.75, 3.05) is 0 Å². The minimum atomic E-state index is 0.548. The van der Waals surface area contributed by atoms with Crippen LogP contribution in [0.25, 0.3) is 72.0 Å². The van der Waals surface area contributed by atoms with Crippen LogP contribution in [0, 0.1) is 0 Å². The summed E-state index contributed by atoms with van der Waals surface area (Å²) in [7, 11) is 0. The summed E-state index contributed by atoms with van der Waals surface area (Å²) >= 11 is 0. The van der Waals surface area contributed by atoms with Gasteiger partial charge >= 0.3 is 6.01 Å². The number of para-hydroxylation sites is 3. The van der Waals surface area contributed by atoms with Crippen molar-refractivity contribution in [1.29, 1.82) is 0 Å². The smallest absolute Gasteiger partial charge is 0.307 e. The van der Waals surface area contributed by atoms with Crippen LogP contribution in [-0.2, 0) is 0 Å². The van der Waals surface area contributed by atoms with Gasteiger partial charge in [0.05, 0.1) is 16.4 Å². The molecule has 0 saturated carbocycles. The van der Waals surface area contributed by atoms with Crippen LogP contribution in [0.15, 0.2) is 118 Å². The number of nitrogens with zero attached hydrogens (tertiary/aromatic N) is 2. The Bertz CT molecular complexity index is 2010. The summed E-state index contributed by atoms with van der Waals surface area (Å²) < 4.78 is 15.0. The van der Waals surface area contributed by atoms with Gasteiger partial charge in [-0.1, -0.05) is 84.9 Å². The first-order chi connectivity index (χ1) is 17.4. The Labute approximate surface area is 199 Å². The molecule has 35 heavy (non-hydrogen) atoms. The SMILES string of the molecule is c1ccc(-c2cc3oc4ccccc4c3c3oc(-n4c5ccccc5c5ccccc54)nc23)cc1. The van der Waals surface area contributed by atoms with E-state index in [1.54, 1.807) is 0 Å². The van der Waals surface area contributed by atoms with Gasteiger partial charge in [-0.3, -0.25) is 4.57 Å². The summed E-state index contributed by atoms with van der Waals surface area (Å²) in [6, 6.07) is 37.8. The number of furan rings is 1. The van der Waals surface area contributed by atoms with E-state index < -0.39 is 0 Å². The molecule has 8 aromatic rings. The molecular weight excluding hydrogens is 432 g/mol. The second kappa shape index (κ2) is 6.84. The molecule has 0 bridgehead atoms. The van der Waals surface area contributed by atoms with Gasteiger partial charge in [-0.2, -0.15) is 4.98 Å². The van der Waals surface area contributed by atoms with Gasteiger partial charge < -0.3 is 8.83 Å². The molecular formula is C31H18N2O2. The average Bonchev–Trinajstić information content (AvgIpc) is 3.60. The third-order valence-electron chi connectivity index (χ3n) is 6.85. The number of rotatable bonds is 2. The van der Waals surface area contributed by atoms with Gasteiger partial charge in [-0.05, 0) is 29.8 Å². The third kappa shape index (κ3) is 2.53. The fourth-order valence-electron chi connectivity index (χ4n) is 5.32. The van der Waals surface area contributed by atoms with Crippen LogP contribution in [0.1, 0.15) is 0 Å². The van der Waals surface area contributed by atoms with E-state index in [1.165, 1.54) is 10.8 Å². The van der Waals surface area contributed by atoms with Crippen molar-refractivity contribution in [2.45, 2.75) is 0 Å². The molecule has 0 atom stereocenters. The van der Waals surface area contributed by atoms with E-state index in [0.29, 0.717) is 6.01 Å². The number of hydrogen-bond acceptors (Lipinski definition) is 3. The van der Waals surface area contributed by atoms with E-state index in [1.807, 2.05) is 36.4 Å². The molecule has 0 N–H and O–H groups in total. The number of fused-ring (bicyclic) bond motifs is 8. The van der Waals surface area contributed by atoms with Crippen LogP contribution in [0.5, 0.6) is 0 Å². The molecule has 5 aromatic carbocycles. The monoisotopic (exact) mass is 450 g/mol. The lowest BCUT2D eigenvalue weighted by Crippen LogP contribution is -1.93. The van der Waals surface area contributed by atoms with Crippen molar-refractivity contribution in [3.8, 4) is 17.1 Å². The molecule has 4 nitrogen and oxygen atoms in total. The van der Waals surface area contributed by atoms with E-state index in [4.69, 9.17) is 13.8 Å². The zero-order chi connectivity index (χ0) is 22.9. The predicted molar refractivity (Wildman–Crippen MR) is 141 cm³/mol.